The Kier molecular flexibility index (Phi) is 5.55. The Morgan fingerprint density at radius 1 is 1.03 bits per heavy atom. The first-order valence-corrected chi connectivity index (χ1v) is 9.80. The molecule has 0 saturated heterocycles. The minimum absolute atomic E-state index is 0.0787. The first kappa shape index (κ1) is 19.1. The topological polar surface area (TPSA) is 74.1 Å². The summed E-state index contributed by atoms with van der Waals surface area (Å²) in [6, 6.07) is 11.4. The number of benzene rings is 1. The lowest BCUT2D eigenvalue weighted by Gasteiger charge is -2.30. The van der Waals surface area contributed by atoms with Crippen molar-refractivity contribution >= 4 is 11.4 Å². The molecule has 1 aromatic carbocycles. The van der Waals surface area contributed by atoms with Gasteiger partial charge in [0.1, 0.15) is 0 Å². The molecule has 7 nitrogen and oxygen atoms in total. The van der Waals surface area contributed by atoms with Crippen LogP contribution in [0, 0.1) is 0 Å². The number of pyridine rings is 1. The fourth-order valence-corrected chi connectivity index (χ4v) is 3.83. The predicted molar refractivity (Wildman–Crippen MR) is 109 cm³/mol. The van der Waals surface area contributed by atoms with E-state index in [0.29, 0.717) is 22.8 Å². The van der Waals surface area contributed by atoms with Crippen molar-refractivity contribution in [3.63, 3.8) is 0 Å². The maximum absolute atomic E-state index is 12.7. The van der Waals surface area contributed by atoms with E-state index in [2.05, 4.69) is 10.4 Å². The second-order valence-electron chi connectivity index (χ2n) is 7.15. The molecule has 0 unspecified atom stereocenters. The number of ether oxygens (including phenoxy) is 3. The summed E-state index contributed by atoms with van der Waals surface area (Å²) in [7, 11) is 3.22. The lowest BCUT2D eigenvalue weighted by Crippen LogP contribution is -2.39. The Morgan fingerprint density at radius 3 is 2.59 bits per heavy atom. The molecule has 0 spiro atoms. The van der Waals surface area contributed by atoms with E-state index in [1.54, 1.807) is 24.9 Å². The third-order valence-electron chi connectivity index (χ3n) is 5.34. The van der Waals surface area contributed by atoms with E-state index in [1.807, 2.05) is 42.6 Å². The van der Waals surface area contributed by atoms with E-state index in [4.69, 9.17) is 14.2 Å². The molecule has 1 saturated carbocycles. The molecule has 1 N–H and O–H groups in total. The van der Waals surface area contributed by atoms with Crippen molar-refractivity contribution in [2.24, 2.45) is 0 Å². The number of hydrogen-bond donors (Lipinski definition) is 1. The molecule has 29 heavy (non-hydrogen) atoms. The summed E-state index contributed by atoms with van der Waals surface area (Å²) >= 11 is 0. The lowest BCUT2D eigenvalue weighted by molar-refractivity contribution is 0.0893. The van der Waals surface area contributed by atoms with Crippen molar-refractivity contribution in [1.82, 2.24) is 14.9 Å². The Balaban J connectivity index is 1.35. The molecule has 0 aliphatic heterocycles. The quantitative estimate of drug-likeness (QED) is 0.692. The highest BCUT2D eigenvalue weighted by molar-refractivity contribution is 6.00. The summed E-state index contributed by atoms with van der Waals surface area (Å²) < 4.78 is 18.7. The summed E-state index contributed by atoms with van der Waals surface area (Å²) in [5.74, 6) is 1.87. The molecular weight excluding hydrogens is 370 g/mol. The summed E-state index contributed by atoms with van der Waals surface area (Å²) in [4.78, 5) is 12.7. The van der Waals surface area contributed by atoms with Gasteiger partial charge in [0.25, 0.3) is 5.91 Å². The minimum atomic E-state index is -0.0787. The number of methoxy groups -OCH3 is 2. The summed E-state index contributed by atoms with van der Waals surface area (Å²) in [5, 5.41) is 7.38. The molecule has 0 atom stereocenters. The number of rotatable bonds is 6. The molecule has 1 aliphatic rings. The van der Waals surface area contributed by atoms with Crippen molar-refractivity contribution < 1.29 is 19.0 Å². The van der Waals surface area contributed by atoms with Crippen LogP contribution in [0.25, 0.3) is 5.52 Å². The summed E-state index contributed by atoms with van der Waals surface area (Å²) in [5.41, 5.74) is 1.41. The molecule has 152 valence electrons. The third kappa shape index (κ3) is 3.99. The van der Waals surface area contributed by atoms with Crippen LogP contribution in [0.1, 0.15) is 36.0 Å². The molecule has 1 fully saturated rings. The van der Waals surface area contributed by atoms with Crippen LogP contribution < -0.4 is 19.5 Å². The van der Waals surface area contributed by atoms with Crippen LogP contribution in [-0.4, -0.2) is 41.9 Å². The number of nitrogens with one attached hydrogen (secondary N) is 1. The zero-order valence-corrected chi connectivity index (χ0v) is 16.6. The highest BCUT2D eigenvalue weighted by atomic mass is 16.5. The lowest BCUT2D eigenvalue weighted by atomic mass is 9.92. The summed E-state index contributed by atoms with van der Waals surface area (Å²) in [6.07, 6.45) is 6.99. The van der Waals surface area contributed by atoms with E-state index >= 15 is 0 Å². The Bertz CT molecular complexity index is 993. The van der Waals surface area contributed by atoms with Crippen LogP contribution in [0.15, 0.2) is 48.8 Å². The predicted octanol–water partition coefficient (Wildman–Crippen LogP) is 3.47. The first-order valence-electron chi connectivity index (χ1n) is 9.80. The molecule has 4 rings (SSSR count). The zero-order valence-electron chi connectivity index (χ0n) is 16.6. The Morgan fingerprint density at radius 2 is 1.83 bits per heavy atom. The second-order valence-corrected chi connectivity index (χ2v) is 7.15. The van der Waals surface area contributed by atoms with Gasteiger partial charge in [-0.15, -0.1) is 0 Å². The maximum Gasteiger partial charge on any atom is 0.255 e. The van der Waals surface area contributed by atoms with Gasteiger partial charge < -0.3 is 19.5 Å². The van der Waals surface area contributed by atoms with Gasteiger partial charge in [-0.3, -0.25) is 4.79 Å². The number of carbonyl (C=O) groups excluding carboxylic acids is 1. The largest absolute Gasteiger partial charge is 0.493 e. The summed E-state index contributed by atoms with van der Waals surface area (Å²) in [6.45, 7) is 0. The van der Waals surface area contributed by atoms with E-state index in [-0.39, 0.29) is 18.1 Å². The number of aromatic nitrogens is 2. The maximum atomic E-state index is 12.7. The smallest absolute Gasteiger partial charge is 0.255 e. The van der Waals surface area contributed by atoms with Crippen LogP contribution in [0.2, 0.25) is 0 Å². The second kappa shape index (κ2) is 8.43. The van der Waals surface area contributed by atoms with Crippen molar-refractivity contribution in [2.75, 3.05) is 14.2 Å². The Labute approximate surface area is 169 Å². The molecule has 2 heterocycles. The fraction of sp³-hybridized carbons (Fsp3) is 0.364. The van der Waals surface area contributed by atoms with Gasteiger partial charge in [0.2, 0.25) is 5.75 Å². The molecular formula is C22H25N3O4. The highest BCUT2D eigenvalue weighted by Gasteiger charge is 2.26. The van der Waals surface area contributed by atoms with Crippen LogP contribution in [0.4, 0.5) is 0 Å². The van der Waals surface area contributed by atoms with Crippen LogP contribution in [-0.2, 0) is 0 Å². The zero-order chi connectivity index (χ0) is 20.2. The average Bonchev–Trinajstić information content (AvgIpc) is 3.19. The van der Waals surface area contributed by atoms with Gasteiger partial charge in [0.05, 0.1) is 37.6 Å². The van der Waals surface area contributed by atoms with Crippen LogP contribution in [0.3, 0.4) is 0 Å². The molecule has 0 radical (unpaired) electrons. The Hall–Kier alpha value is -3.22. The van der Waals surface area contributed by atoms with Gasteiger partial charge in [-0.25, -0.2) is 4.52 Å². The number of fused-ring (bicyclic) bond motifs is 1. The minimum Gasteiger partial charge on any atom is -0.493 e. The van der Waals surface area contributed by atoms with E-state index in [1.165, 1.54) is 0 Å². The monoisotopic (exact) mass is 395 g/mol. The molecule has 2 aromatic heterocycles. The van der Waals surface area contributed by atoms with Gasteiger partial charge in [-0.2, -0.15) is 5.10 Å². The number of nitrogens with zero attached hydrogens (tertiary/aromatic N) is 2. The van der Waals surface area contributed by atoms with E-state index < -0.39 is 0 Å². The van der Waals surface area contributed by atoms with E-state index in [0.717, 1.165) is 31.2 Å². The van der Waals surface area contributed by atoms with Gasteiger partial charge in [0, 0.05) is 12.2 Å². The molecule has 3 aromatic rings. The first-order chi connectivity index (χ1) is 14.2. The SMILES string of the molecule is COc1cccc(OC2CCC(NC(=O)c3cnn4ccccc34)CC2)c1OC. The highest BCUT2D eigenvalue weighted by Crippen LogP contribution is 2.38. The van der Waals surface area contributed by atoms with Crippen LogP contribution >= 0.6 is 0 Å². The van der Waals surface area contributed by atoms with Gasteiger partial charge in [-0.05, 0) is 49.9 Å². The van der Waals surface area contributed by atoms with Crippen molar-refractivity contribution in [3.05, 3.63) is 54.4 Å². The van der Waals surface area contributed by atoms with Gasteiger partial charge >= 0.3 is 0 Å². The normalized spacial score (nSPS) is 19.0. The molecule has 0 bridgehead atoms. The van der Waals surface area contributed by atoms with Crippen LogP contribution in [0.5, 0.6) is 17.2 Å². The fourth-order valence-electron chi connectivity index (χ4n) is 3.83. The third-order valence-corrected chi connectivity index (χ3v) is 5.34. The average molecular weight is 395 g/mol. The van der Waals surface area contributed by atoms with Crippen molar-refractivity contribution in [2.45, 2.75) is 37.8 Å². The number of para-hydroxylation sites is 1. The number of amides is 1. The number of hydrogen-bond acceptors (Lipinski definition) is 5. The van der Waals surface area contributed by atoms with Gasteiger partial charge in [-0.1, -0.05) is 12.1 Å². The van der Waals surface area contributed by atoms with Crippen molar-refractivity contribution in [3.8, 4) is 17.2 Å². The number of carbonyl (C=O) groups is 1. The molecule has 7 heteroatoms. The van der Waals surface area contributed by atoms with E-state index in [9.17, 15) is 4.79 Å². The molecule has 1 aliphatic carbocycles. The van der Waals surface area contributed by atoms with Crippen molar-refractivity contribution in [1.29, 1.82) is 0 Å². The van der Waals surface area contributed by atoms with Gasteiger partial charge in [0.15, 0.2) is 11.5 Å². The molecule has 1 amide bonds. The standard InChI is InChI=1S/C22H25N3O4/c1-27-19-7-5-8-20(21(19)28-2)29-16-11-9-15(10-12-16)24-22(26)17-14-23-25-13-4-3-6-18(17)25/h3-8,13-16H,9-12H2,1-2H3,(H,24,26).